The highest BCUT2D eigenvalue weighted by molar-refractivity contribution is 6.05. The summed E-state index contributed by atoms with van der Waals surface area (Å²) < 4.78 is 13.8. The Bertz CT molecular complexity index is 756. The molecule has 0 bridgehead atoms. The first-order valence-corrected chi connectivity index (χ1v) is 6.90. The minimum atomic E-state index is -1.27. The number of hydrogen-bond acceptors (Lipinski definition) is 3. The van der Waals surface area contributed by atoms with Crippen LogP contribution in [0.2, 0.25) is 0 Å². The van der Waals surface area contributed by atoms with E-state index in [1.165, 1.54) is 18.3 Å². The molecule has 3 rings (SSSR count). The van der Waals surface area contributed by atoms with Crippen molar-refractivity contribution in [1.29, 1.82) is 0 Å². The van der Waals surface area contributed by atoms with Crippen LogP contribution in [0.5, 0.6) is 0 Å². The van der Waals surface area contributed by atoms with Gasteiger partial charge in [0, 0.05) is 35.6 Å². The molecule has 3 heterocycles. The molecule has 0 saturated heterocycles. The van der Waals surface area contributed by atoms with Crippen LogP contribution in [-0.2, 0) is 0 Å². The maximum atomic E-state index is 13.8. The van der Waals surface area contributed by atoms with Gasteiger partial charge in [-0.05, 0) is 18.6 Å². The van der Waals surface area contributed by atoms with E-state index in [4.69, 9.17) is 5.11 Å². The molecular formula is C15H14FN3O3. The second-order valence-electron chi connectivity index (χ2n) is 5.17. The van der Waals surface area contributed by atoms with E-state index in [1.807, 2.05) is 6.92 Å². The lowest BCUT2D eigenvalue weighted by atomic mass is 9.94. The number of nitrogens with zero attached hydrogens (tertiary/aromatic N) is 2. The second-order valence-corrected chi connectivity index (χ2v) is 5.17. The molecule has 0 fully saturated rings. The van der Waals surface area contributed by atoms with Crippen LogP contribution in [0.15, 0.2) is 24.5 Å². The maximum absolute atomic E-state index is 13.8. The van der Waals surface area contributed by atoms with E-state index in [0.29, 0.717) is 23.4 Å². The van der Waals surface area contributed by atoms with Crippen molar-refractivity contribution in [2.75, 3.05) is 6.54 Å². The molecular weight excluding hydrogens is 289 g/mol. The number of H-pyrrole nitrogens is 1. The van der Waals surface area contributed by atoms with Gasteiger partial charge in [-0.3, -0.25) is 9.78 Å². The Morgan fingerprint density at radius 1 is 1.55 bits per heavy atom. The van der Waals surface area contributed by atoms with E-state index in [1.54, 1.807) is 0 Å². The Labute approximate surface area is 125 Å². The van der Waals surface area contributed by atoms with Gasteiger partial charge in [-0.25, -0.2) is 14.1 Å². The van der Waals surface area contributed by atoms with Crippen molar-refractivity contribution in [3.05, 3.63) is 41.6 Å². The minimum Gasteiger partial charge on any atom is -0.465 e. The highest BCUT2D eigenvalue weighted by atomic mass is 19.1. The van der Waals surface area contributed by atoms with Gasteiger partial charge in [0.25, 0.3) is 5.91 Å². The van der Waals surface area contributed by atoms with E-state index in [2.05, 4.69) is 9.97 Å². The van der Waals surface area contributed by atoms with Gasteiger partial charge in [-0.2, -0.15) is 0 Å². The largest absolute Gasteiger partial charge is 0.465 e. The van der Waals surface area contributed by atoms with Crippen molar-refractivity contribution in [2.45, 2.75) is 19.3 Å². The molecule has 0 spiro atoms. The van der Waals surface area contributed by atoms with E-state index in [0.717, 1.165) is 11.1 Å². The summed E-state index contributed by atoms with van der Waals surface area (Å²) in [6.45, 7) is 2.02. The van der Waals surface area contributed by atoms with Gasteiger partial charge >= 0.3 is 6.09 Å². The Morgan fingerprint density at radius 3 is 2.95 bits per heavy atom. The number of fused-ring (bicyclic) bond motifs is 1. The highest BCUT2D eigenvalue weighted by Gasteiger charge is 2.36. The zero-order valence-electron chi connectivity index (χ0n) is 11.8. The maximum Gasteiger partial charge on any atom is 0.414 e. The lowest BCUT2D eigenvalue weighted by Gasteiger charge is -2.28. The number of carbonyl (C=O) groups is 2. The first kappa shape index (κ1) is 14.2. The van der Waals surface area contributed by atoms with Crippen molar-refractivity contribution in [3.8, 4) is 11.3 Å². The Balaban J connectivity index is 2.11. The molecule has 2 aromatic rings. The summed E-state index contributed by atoms with van der Waals surface area (Å²) in [5.74, 6) is -1.21. The van der Waals surface area contributed by atoms with Crippen molar-refractivity contribution in [2.24, 2.45) is 0 Å². The Hall–Kier alpha value is -2.70. The summed E-state index contributed by atoms with van der Waals surface area (Å²) in [6, 6.07) is 3.01. The number of carboxylic acid groups (broad SMARTS) is 1. The third kappa shape index (κ3) is 2.14. The molecule has 114 valence electrons. The fourth-order valence-corrected chi connectivity index (χ4v) is 2.75. The third-order valence-electron chi connectivity index (χ3n) is 3.92. The first-order valence-electron chi connectivity index (χ1n) is 6.90. The molecule has 22 heavy (non-hydrogen) atoms. The molecule has 0 aromatic carbocycles. The van der Waals surface area contributed by atoms with Crippen molar-refractivity contribution in [3.63, 3.8) is 0 Å². The Morgan fingerprint density at radius 2 is 2.32 bits per heavy atom. The number of nitrogens with one attached hydrogen (secondary N) is 1. The molecule has 7 heteroatoms. The second kappa shape index (κ2) is 5.25. The van der Waals surface area contributed by atoms with E-state index in [9.17, 15) is 14.0 Å². The lowest BCUT2D eigenvalue weighted by Crippen LogP contribution is -2.42. The van der Waals surface area contributed by atoms with Crippen LogP contribution in [0.1, 0.15) is 35.3 Å². The summed E-state index contributed by atoms with van der Waals surface area (Å²) >= 11 is 0. The molecule has 0 saturated carbocycles. The van der Waals surface area contributed by atoms with Gasteiger partial charge in [-0.15, -0.1) is 0 Å². The predicted octanol–water partition coefficient (Wildman–Crippen LogP) is 2.84. The number of amides is 2. The third-order valence-corrected chi connectivity index (χ3v) is 3.92. The fourth-order valence-electron chi connectivity index (χ4n) is 2.75. The molecule has 2 aromatic heterocycles. The number of pyridine rings is 1. The SMILES string of the molecule is CCC1CN(C(=O)O)C(=O)c2cc(-c3ccncc3F)[nH]c21. The lowest BCUT2D eigenvalue weighted by molar-refractivity contribution is 0.0707. The molecule has 2 amide bonds. The van der Waals surface area contributed by atoms with Gasteiger partial charge in [0.1, 0.15) is 0 Å². The van der Waals surface area contributed by atoms with Crippen LogP contribution >= 0.6 is 0 Å². The van der Waals surface area contributed by atoms with E-state index >= 15 is 0 Å². The number of halogens is 1. The molecule has 1 unspecified atom stereocenters. The van der Waals surface area contributed by atoms with Gasteiger partial charge in [0.2, 0.25) is 0 Å². The average molecular weight is 303 g/mol. The summed E-state index contributed by atoms with van der Waals surface area (Å²) in [5.41, 5.74) is 1.70. The molecule has 1 atom stereocenters. The number of imide groups is 1. The fraction of sp³-hybridized carbons (Fsp3) is 0.267. The van der Waals surface area contributed by atoms with Crippen LogP contribution in [0.3, 0.4) is 0 Å². The summed E-state index contributed by atoms with van der Waals surface area (Å²) in [6.07, 6.45) is 1.95. The van der Waals surface area contributed by atoms with Crippen LogP contribution in [0.25, 0.3) is 11.3 Å². The van der Waals surface area contributed by atoms with Gasteiger partial charge in [-0.1, -0.05) is 6.92 Å². The zero-order chi connectivity index (χ0) is 15.9. The first-order chi connectivity index (χ1) is 10.5. The zero-order valence-corrected chi connectivity index (χ0v) is 11.8. The minimum absolute atomic E-state index is 0.108. The normalized spacial score (nSPS) is 17.5. The van der Waals surface area contributed by atoms with Crippen LogP contribution in [-0.4, -0.2) is 38.5 Å². The number of carbonyl (C=O) groups excluding carboxylic acids is 1. The summed E-state index contributed by atoms with van der Waals surface area (Å²) in [5, 5.41) is 9.14. The molecule has 0 aliphatic carbocycles. The predicted molar refractivity (Wildman–Crippen MR) is 76.1 cm³/mol. The Kier molecular flexibility index (Phi) is 3.40. The van der Waals surface area contributed by atoms with Gasteiger partial charge < -0.3 is 10.1 Å². The number of aromatic nitrogens is 2. The monoisotopic (exact) mass is 303 g/mol. The topological polar surface area (TPSA) is 86.3 Å². The average Bonchev–Trinajstić information content (AvgIpc) is 2.93. The molecule has 6 nitrogen and oxygen atoms in total. The van der Waals surface area contributed by atoms with Crippen molar-refractivity contribution in [1.82, 2.24) is 14.9 Å². The van der Waals surface area contributed by atoms with Crippen LogP contribution < -0.4 is 0 Å². The quantitative estimate of drug-likeness (QED) is 0.893. The standard InChI is InChI=1S/C15H14FN3O3/c1-2-8-7-19(15(21)22)14(20)10-5-12(18-13(8)10)9-3-4-17-6-11(9)16/h3-6,8,18H,2,7H2,1H3,(H,21,22). The number of rotatable bonds is 2. The smallest absolute Gasteiger partial charge is 0.414 e. The van der Waals surface area contributed by atoms with E-state index in [-0.39, 0.29) is 18.0 Å². The van der Waals surface area contributed by atoms with Crippen LogP contribution in [0, 0.1) is 5.82 Å². The molecule has 1 aliphatic rings. The molecule has 0 radical (unpaired) electrons. The summed E-state index contributed by atoms with van der Waals surface area (Å²) in [4.78, 5) is 31.0. The number of hydrogen-bond donors (Lipinski definition) is 2. The molecule has 2 N–H and O–H groups in total. The highest BCUT2D eigenvalue weighted by Crippen LogP contribution is 2.34. The summed E-state index contributed by atoms with van der Waals surface area (Å²) in [7, 11) is 0. The van der Waals surface area contributed by atoms with Crippen LogP contribution in [0.4, 0.5) is 9.18 Å². The van der Waals surface area contributed by atoms with Crippen molar-refractivity contribution < 1.29 is 19.1 Å². The van der Waals surface area contributed by atoms with Gasteiger partial charge in [0.15, 0.2) is 5.82 Å². The number of aromatic amines is 1. The van der Waals surface area contributed by atoms with E-state index < -0.39 is 17.8 Å². The van der Waals surface area contributed by atoms with Gasteiger partial charge in [0.05, 0.1) is 11.8 Å². The molecule has 1 aliphatic heterocycles. The van der Waals surface area contributed by atoms with Crippen molar-refractivity contribution >= 4 is 12.0 Å².